The SMILES string of the molecule is CC(N)c1nc2ccc(Cl)cc2n1CC1CCCO1. The molecule has 4 nitrogen and oxygen atoms in total. The molecule has 2 N–H and O–H groups in total. The van der Waals surface area contributed by atoms with Crippen molar-refractivity contribution in [3.63, 3.8) is 0 Å². The number of fused-ring (bicyclic) bond motifs is 1. The average Bonchev–Trinajstić information content (AvgIpc) is 2.98. The molecular formula is C14H18ClN3O. The van der Waals surface area contributed by atoms with Gasteiger partial charge in [-0.15, -0.1) is 0 Å². The van der Waals surface area contributed by atoms with Gasteiger partial charge in [-0.3, -0.25) is 0 Å². The highest BCUT2D eigenvalue weighted by Gasteiger charge is 2.21. The minimum absolute atomic E-state index is 0.104. The lowest BCUT2D eigenvalue weighted by molar-refractivity contribution is 0.0970. The van der Waals surface area contributed by atoms with Gasteiger partial charge in [0.05, 0.1) is 29.7 Å². The van der Waals surface area contributed by atoms with Crippen molar-refractivity contribution in [3.05, 3.63) is 29.0 Å². The molecule has 0 radical (unpaired) electrons. The van der Waals surface area contributed by atoms with Gasteiger partial charge in [0.2, 0.25) is 0 Å². The van der Waals surface area contributed by atoms with Crippen LogP contribution in [0.15, 0.2) is 18.2 Å². The summed E-state index contributed by atoms with van der Waals surface area (Å²) in [5.74, 6) is 0.896. The van der Waals surface area contributed by atoms with Crippen LogP contribution in [0.4, 0.5) is 0 Å². The van der Waals surface area contributed by atoms with Gasteiger partial charge in [-0.25, -0.2) is 4.98 Å². The Morgan fingerprint density at radius 3 is 3.11 bits per heavy atom. The molecule has 102 valence electrons. The summed E-state index contributed by atoms with van der Waals surface area (Å²) in [7, 11) is 0. The van der Waals surface area contributed by atoms with E-state index < -0.39 is 0 Å². The largest absolute Gasteiger partial charge is 0.376 e. The van der Waals surface area contributed by atoms with E-state index in [1.165, 1.54) is 0 Å². The number of benzene rings is 1. The monoisotopic (exact) mass is 279 g/mol. The molecule has 2 heterocycles. The highest BCUT2D eigenvalue weighted by Crippen LogP contribution is 2.25. The first kappa shape index (κ1) is 12.9. The van der Waals surface area contributed by atoms with Crippen LogP contribution in [0.2, 0.25) is 5.02 Å². The van der Waals surface area contributed by atoms with Crippen molar-refractivity contribution in [1.29, 1.82) is 0 Å². The molecule has 1 saturated heterocycles. The van der Waals surface area contributed by atoms with Gasteiger partial charge in [-0.2, -0.15) is 0 Å². The summed E-state index contributed by atoms with van der Waals surface area (Å²) < 4.78 is 7.87. The van der Waals surface area contributed by atoms with Crippen LogP contribution in [0.1, 0.15) is 31.6 Å². The molecule has 3 rings (SSSR count). The number of aromatic nitrogens is 2. The molecule has 1 fully saturated rings. The van der Waals surface area contributed by atoms with Crippen molar-refractivity contribution < 1.29 is 4.74 Å². The number of hydrogen-bond acceptors (Lipinski definition) is 3. The summed E-state index contributed by atoms with van der Waals surface area (Å²) in [6.45, 7) is 3.61. The molecule has 2 unspecified atom stereocenters. The second-order valence-corrected chi connectivity index (χ2v) is 5.57. The number of halogens is 1. The highest BCUT2D eigenvalue weighted by atomic mass is 35.5. The standard InChI is InChI=1S/C14H18ClN3O/c1-9(16)14-17-12-5-4-10(15)7-13(12)18(14)8-11-3-2-6-19-11/h4-5,7,9,11H,2-3,6,8,16H2,1H3. The van der Waals surface area contributed by atoms with Gasteiger partial charge in [-0.1, -0.05) is 11.6 Å². The van der Waals surface area contributed by atoms with E-state index in [9.17, 15) is 0 Å². The smallest absolute Gasteiger partial charge is 0.126 e. The number of nitrogens with two attached hydrogens (primary N) is 1. The Bertz CT molecular complexity index is 588. The molecule has 0 aliphatic carbocycles. The van der Waals surface area contributed by atoms with Crippen molar-refractivity contribution in [2.24, 2.45) is 5.73 Å². The molecule has 1 aromatic carbocycles. The topological polar surface area (TPSA) is 53.1 Å². The number of nitrogens with zero attached hydrogens (tertiary/aromatic N) is 2. The molecule has 1 aromatic heterocycles. The molecule has 0 amide bonds. The summed E-state index contributed by atoms with van der Waals surface area (Å²) in [5, 5.41) is 0.720. The second kappa shape index (κ2) is 5.12. The molecule has 19 heavy (non-hydrogen) atoms. The first-order valence-corrected chi connectivity index (χ1v) is 7.06. The van der Waals surface area contributed by atoms with E-state index in [1.807, 2.05) is 25.1 Å². The van der Waals surface area contributed by atoms with Gasteiger partial charge >= 0.3 is 0 Å². The fourth-order valence-corrected chi connectivity index (χ4v) is 2.81. The van der Waals surface area contributed by atoms with Crippen LogP contribution in [0, 0.1) is 0 Å². The first-order chi connectivity index (χ1) is 9.15. The lowest BCUT2D eigenvalue weighted by atomic mass is 10.2. The molecule has 5 heteroatoms. The molecule has 1 aliphatic rings. The summed E-state index contributed by atoms with van der Waals surface area (Å²) >= 11 is 6.09. The zero-order valence-corrected chi connectivity index (χ0v) is 11.7. The van der Waals surface area contributed by atoms with Crippen molar-refractivity contribution in [2.75, 3.05) is 6.61 Å². The van der Waals surface area contributed by atoms with E-state index in [4.69, 9.17) is 22.1 Å². The Morgan fingerprint density at radius 1 is 1.58 bits per heavy atom. The van der Waals surface area contributed by atoms with Gasteiger partial charge in [0.25, 0.3) is 0 Å². The Kier molecular flexibility index (Phi) is 3.48. The van der Waals surface area contributed by atoms with E-state index in [0.717, 1.165) is 47.9 Å². The number of imidazole rings is 1. The fraction of sp³-hybridized carbons (Fsp3) is 0.500. The molecule has 0 spiro atoms. The van der Waals surface area contributed by atoms with Crippen molar-refractivity contribution in [3.8, 4) is 0 Å². The number of rotatable bonds is 3. The van der Waals surface area contributed by atoms with Crippen LogP contribution in [0.5, 0.6) is 0 Å². The van der Waals surface area contributed by atoms with Crippen LogP contribution >= 0.6 is 11.6 Å². The lowest BCUT2D eigenvalue weighted by Crippen LogP contribution is -2.20. The van der Waals surface area contributed by atoms with Crippen molar-refractivity contribution in [1.82, 2.24) is 9.55 Å². The third kappa shape index (κ3) is 2.48. The molecular weight excluding hydrogens is 262 g/mol. The van der Waals surface area contributed by atoms with Crippen LogP contribution in [0.3, 0.4) is 0 Å². The van der Waals surface area contributed by atoms with Crippen LogP contribution in [-0.4, -0.2) is 22.3 Å². The van der Waals surface area contributed by atoms with Crippen molar-refractivity contribution >= 4 is 22.6 Å². The van der Waals surface area contributed by atoms with Crippen LogP contribution in [0.25, 0.3) is 11.0 Å². The summed E-state index contributed by atoms with van der Waals surface area (Å²) in [5.41, 5.74) is 8.01. The lowest BCUT2D eigenvalue weighted by Gasteiger charge is -2.15. The predicted octanol–water partition coefficient (Wildman–Crippen LogP) is 2.89. The third-order valence-electron chi connectivity index (χ3n) is 3.56. The minimum Gasteiger partial charge on any atom is -0.376 e. The maximum atomic E-state index is 6.09. The quantitative estimate of drug-likeness (QED) is 0.940. The summed E-state index contributed by atoms with van der Waals surface area (Å²) in [4.78, 5) is 4.62. The maximum Gasteiger partial charge on any atom is 0.126 e. The van der Waals surface area contributed by atoms with E-state index in [2.05, 4.69) is 9.55 Å². The zero-order valence-electron chi connectivity index (χ0n) is 11.0. The normalized spacial score (nSPS) is 21.1. The van der Waals surface area contributed by atoms with E-state index in [1.54, 1.807) is 0 Å². The molecule has 2 atom stereocenters. The molecule has 0 saturated carbocycles. The van der Waals surface area contributed by atoms with E-state index in [-0.39, 0.29) is 12.1 Å². The van der Waals surface area contributed by atoms with Gasteiger partial charge in [0, 0.05) is 11.6 Å². The average molecular weight is 280 g/mol. The van der Waals surface area contributed by atoms with Gasteiger partial charge < -0.3 is 15.0 Å². The van der Waals surface area contributed by atoms with Crippen molar-refractivity contribution in [2.45, 2.75) is 38.5 Å². The fourth-order valence-electron chi connectivity index (χ4n) is 2.65. The van der Waals surface area contributed by atoms with Gasteiger partial charge in [-0.05, 0) is 38.0 Å². The van der Waals surface area contributed by atoms with Crippen LogP contribution < -0.4 is 5.73 Å². The number of hydrogen-bond donors (Lipinski definition) is 1. The second-order valence-electron chi connectivity index (χ2n) is 5.14. The Balaban J connectivity index is 2.06. The van der Waals surface area contributed by atoms with Crippen LogP contribution in [-0.2, 0) is 11.3 Å². The molecule has 0 bridgehead atoms. The summed E-state index contributed by atoms with van der Waals surface area (Å²) in [6.07, 6.45) is 2.48. The molecule has 2 aromatic rings. The first-order valence-electron chi connectivity index (χ1n) is 6.68. The maximum absolute atomic E-state index is 6.09. The highest BCUT2D eigenvalue weighted by molar-refractivity contribution is 6.31. The van der Waals surface area contributed by atoms with Gasteiger partial charge in [0.1, 0.15) is 5.82 Å². The van der Waals surface area contributed by atoms with Gasteiger partial charge in [0.15, 0.2) is 0 Å². The molecule has 1 aliphatic heterocycles. The third-order valence-corrected chi connectivity index (χ3v) is 3.79. The number of ether oxygens (including phenoxy) is 1. The Labute approximate surface area is 117 Å². The van der Waals surface area contributed by atoms with E-state index in [0.29, 0.717) is 0 Å². The zero-order chi connectivity index (χ0) is 13.4. The predicted molar refractivity (Wildman–Crippen MR) is 76.3 cm³/mol. The Hall–Kier alpha value is -1.10. The van der Waals surface area contributed by atoms with E-state index >= 15 is 0 Å². The minimum atomic E-state index is -0.104. The summed E-state index contributed by atoms with van der Waals surface area (Å²) in [6, 6.07) is 5.64. The Morgan fingerprint density at radius 2 is 2.42 bits per heavy atom.